The quantitative estimate of drug-likeness (QED) is 0.373. The molecule has 0 N–H and O–H groups in total. The highest BCUT2D eigenvalue weighted by Gasteiger charge is 2.21. The summed E-state index contributed by atoms with van der Waals surface area (Å²) < 4.78 is 0. The summed E-state index contributed by atoms with van der Waals surface area (Å²) in [6.07, 6.45) is 4.20. The van der Waals surface area contributed by atoms with Gasteiger partial charge in [0.2, 0.25) is 0 Å². The van der Waals surface area contributed by atoms with Crippen molar-refractivity contribution in [1.82, 2.24) is 4.90 Å². The van der Waals surface area contributed by atoms with Crippen LogP contribution in [0, 0.1) is 0 Å². The van der Waals surface area contributed by atoms with Gasteiger partial charge in [-0.2, -0.15) is 0 Å². The monoisotopic (exact) mass is 187 g/mol. The van der Waals surface area contributed by atoms with Gasteiger partial charge in [-0.3, -0.25) is 14.5 Å². The van der Waals surface area contributed by atoms with Crippen molar-refractivity contribution >= 4 is 23.4 Å². The Hall–Kier alpha value is -0.830. The lowest BCUT2D eigenvalue weighted by atomic mass is 10.3. The largest absolute Gasteiger partial charge is 0.275 e. The summed E-state index contributed by atoms with van der Waals surface area (Å²) in [4.78, 5) is 23.2. The van der Waals surface area contributed by atoms with Crippen LogP contribution in [0.2, 0.25) is 0 Å². The molecule has 0 unspecified atom stereocenters. The number of carbonyl (C=O) groups excluding carboxylic acids is 2. The van der Waals surface area contributed by atoms with E-state index in [4.69, 9.17) is 11.6 Å². The first kappa shape index (κ1) is 9.26. The number of imide groups is 1. The second-order valence-corrected chi connectivity index (χ2v) is 2.94. The maximum Gasteiger partial charge on any atom is 0.253 e. The van der Waals surface area contributed by atoms with Gasteiger partial charge < -0.3 is 0 Å². The number of unbranched alkanes of at least 4 members (excludes halogenated alkanes) is 1. The summed E-state index contributed by atoms with van der Waals surface area (Å²) >= 11 is 5.46. The van der Waals surface area contributed by atoms with E-state index in [1.807, 2.05) is 0 Å². The van der Waals surface area contributed by atoms with Crippen molar-refractivity contribution < 1.29 is 9.59 Å². The highest BCUT2D eigenvalue weighted by Crippen LogP contribution is 2.05. The molecule has 66 valence electrons. The van der Waals surface area contributed by atoms with Crippen molar-refractivity contribution in [2.75, 3.05) is 12.4 Å². The van der Waals surface area contributed by atoms with E-state index in [0.717, 1.165) is 12.8 Å². The van der Waals surface area contributed by atoms with Crippen molar-refractivity contribution in [2.24, 2.45) is 0 Å². The number of hydrogen-bond donors (Lipinski definition) is 0. The van der Waals surface area contributed by atoms with E-state index in [-0.39, 0.29) is 11.8 Å². The summed E-state index contributed by atoms with van der Waals surface area (Å²) in [6.45, 7) is 0.484. The minimum absolute atomic E-state index is 0.213. The molecular formula is C8H10ClNO2. The number of halogens is 1. The van der Waals surface area contributed by atoms with E-state index in [9.17, 15) is 9.59 Å². The Labute approximate surface area is 76.0 Å². The van der Waals surface area contributed by atoms with Gasteiger partial charge in [0.25, 0.3) is 11.8 Å². The highest BCUT2D eigenvalue weighted by molar-refractivity contribution is 6.17. The van der Waals surface area contributed by atoms with Crippen LogP contribution in [0.4, 0.5) is 0 Å². The summed E-state index contributed by atoms with van der Waals surface area (Å²) in [7, 11) is 0. The van der Waals surface area contributed by atoms with E-state index in [1.165, 1.54) is 17.1 Å². The molecule has 4 heteroatoms. The number of amides is 2. The minimum atomic E-state index is -0.213. The van der Waals surface area contributed by atoms with Crippen LogP contribution >= 0.6 is 11.6 Å². The van der Waals surface area contributed by atoms with Crippen LogP contribution in [-0.2, 0) is 9.59 Å². The Morgan fingerprint density at radius 3 is 2.25 bits per heavy atom. The zero-order valence-corrected chi connectivity index (χ0v) is 7.38. The average Bonchev–Trinajstić information content (AvgIpc) is 2.35. The first-order chi connectivity index (χ1) is 5.75. The van der Waals surface area contributed by atoms with Crippen LogP contribution in [0.5, 0.6) is 0 Å². The molecule has 3 nitrogen and oxygen atoms in total. The fourth-order valence-corrected chi connectivity index (χ4v) is 1.20. The molecule has 1 aliphatic rings. The average molecular weight is 188 g/mol. The summed E-state index contributed by atoms with van der Waals surface area (Å²) in [6, 6.07) is 0. The fraction of sp³-hybridized carbons (Fsp3) is 0.500. The maximum atomic E-state index is 11.0. The Balaban J connectivity index is 2.33. The van der Waals surface area contributed by atoms with Crippen molar-refractivity contribution in [3.63, 3.8) is 0 Å². The van der Waals surface area contributed by atoms with Gasteiger partial charge >= 0.3 is 0 Å². The molecule has 0 aromatic carbocycles. The lowest BCUT2D eigenvalue weighted by molar-refractivity contribution is -0.136. The van der Waals surface area contributed by atoms with Crippen LogP contribution < -0.4 is 0 Å². The molecule has 0 saturated carbocycles. The molecule has 0 saturated heterocycles. The zero-order valence-electron chi connectivity index (χ0n) is 6.62. The number of alkyl halides is 1. The maximum absolute atomic E-state index is 11.0. The molecule has 0 bridgehead atoms. The molecule has 0 aromatic heterocycles. The number of rotatable bonds is 4. The summed E-state index contributed by atoms with van der Waals surface area (Å²) in [5.41, 5.74) is 0. The Morgan fingerprint density at radius 2 is 1.75 bits per heavy atom. The van der Waals surface area contributed by atoms with Crippen molar-refractivity contribution in [2.45, 2.75) is 12.8 Å². The Bertz CT molecular complexity index is 207. The highest BCUT2D eigenvalue weighted by atomic mass is 35.5. The first-order valence-electron chi connectivity index (χ1n) is 3.85. The summed E-state index contributed by atoms with van der Waals surface area (Å²) in [5, 5.41) is 0. The van der Waals surface area contributed by atoms with E-state index in [0.29, 0.717) is 12.4 Å². The normalized spacial score (nSPS) is 16.2. The van der Waals surface area contributed by atoms with Crippen molar-refractivity contribution in [3.8, 4) is 0 Å². The molecule has 0 spiro atoms. The molecule has 0 fully saturated rings. The molecule has 1 rings (SSSR count). The van der Waals surface area contributed by atoms with Gasteiger partial charge in [0, 0.05) is 24.6 Å². The molecule has 0 atom stereocenters. The number of hydrogen-bond acceptors (Lipinski definition) is 2. The summed E-state index contributed by atoms with van der Waals surface area (Å²) in [5.74, 6) is 0.146. The van der Waals surface area contributed by atoms with Crippen LogP contribution in [0.25, 0.3) is 0 Å². The predicted octanol–water partition coefficient (Wildman–Crippen LogP) is 0.930. The second kappa shape index (κ2) is 4.26. The fourth-order valence-electron chi connectivity index (χ4n) is 1.02. The molecular weight excluding hydrogens is 178 g/mol. The molecule has 2 amide bonds. The number of carbonyl (C=O) groups is 2. The molecule has 1 aliphatic heterocycles. The van der Waals surface area contributed by atoms with E-state index < -0.39 is 0 Å². The predicted molar refractivity (Wildman–Crippen MR) is 45.8 cm³/mol. The third kappa shape index (κ3) is 2.08. The third-order valence-electron chi connectivity index (χ3n) is 1.67. The molecule has 0 aliphatic carbocycles. The molecule has 0 radical (unpaired) electrons. The molecule has 0 aromatic rings. The van der Waals surface area contributed by atoms with Gasteiger partial charge in [0.15, 0.2) is 0 Å². The third-order valence-corrected chi connectivity index (χ3v) is 1.93. The SMILES string of the molecule is O=C1C=CC(=O)N1CCCCCl. The Kier molecular flexibility index (Phi) is 3.29. The van der Waals surface area contributed by atoms with Crippen molar-refractivity contribution in [1.29, 1.82) is 0 Å². The van der Waals surface area contributed by atoms with Crippen molar-refractivity contribution in [3.05, 3.63) is 12.2 Å². The lowest BCUT2D eigenvalue weighted by Gasteiger charge is -2.12. The van der Waals surface area contributed by atoms with Crippen LogP contribution in [0.3, 0.4) is 0 Å². The van der Waals surface area contributed by atoms with E-state index >= 15 is 0 Å². The van der Waals surface area contributed by atoms with Crippen LogP contribution in [-0.4, -0.2) is 29.1 Å². The van der Waals surface area contributed by atoms with Gasteiger partial charge in [-0.1, -0.05) is 0 Å². The molecule has 12 heavy (non-hydrogen) atoms. The topological polar surface area (TPSA) is 37.4 Å². The van der Waals surface area contributed by atoms with E-state index in [1.54, 1.807) is 0 Å². The van der Waals surface area contributed by atoms with Gasteiger partial charge in [-0.25, -0.2) is 0 Å². The van der Waals surface area contributed by atoms with Gasteiger partial charge in [0.1, 0.15) is 0 Å². The number of nitrogens with zero attached hydrogens (tertiary/aromatic N) is 1. The minimum Gasteiger partial charge on any atom is -0.275 e. The van der Waals surface area contributed by atoms with Crippen LogP contribution in [0.1, 0.15) is 12.8 Å². The second-order valence-electron chi connectivity index (χ2n) is 2.56. The van der Waals surface area contributed by atoms with Gasteiger partial charge in [-0.15, -0.1) is 11.6 Å². The first-order valence-corrected chi connectivity index (χ1v) is 4.38. The van der Waals surface area contributed by atoms with E-state index in [2.05, 4.69) is 0 Å². The van der Waals surface area contributed by atoms with Crippen LogP contribution in [0.15, 0.2) is 12.2 Å². The van der Waals surface area contributed by atoms with Gasteiger partial charge in [0.05, 0.1) is 0 Å². The Morgan fingerprint density at radius 1 is 1.17 bits per heavy atom. The molecule has 1 heterocycles. The zero-order chi connectivity index (χ0) is 8.97. The van der Waals surface area contributed by atoms with Gasteiger partial charge in [-0.05, 0) is 12.8 Å². The smallest absolute Gasteiger partial charge is 0.253 e. The standard InChI is InChI=1S/C8H10ClNO2/c9-5-1-2-6-10-7(11)3-4-8(10)12/h3-4H,1-2,5-6H2. The lowest BCUT2D eigenvalue weighted by Crippen LogP contribution is -2.30.